The van der Waals surface area contributed by atoms with Gasteiger partial charge < -0.3 is 10.2 Å². The molecule has 0 spiro atoms. The molecule has 0 saturated carbocycles. The minimum Gasteiger partial charge on any atom is -0.365 e. The number of hydrogen-bond donors (Lipinski definition) is 1. The number of benzene rings is 1. The van der Waals surface area contributed by atoms with Crippen LogP contribution in [-0.4, -0.2) is 33.9 Å². The fourth-order valence-electron chi connectivity index (χ4n) is 3.31. The van der Waals surface area contributed by atoms with E-state index in [-0.39, 0.29) is 11.7 Å². The van der Waals surface area contributed by atoms with Crippen LogP contribution in [-0.2, 0) is 6.54 Å². The summed E-state index contributed by atoms with van der Waals surface area (Å²) in [5, 5.41) is 4.13. The van der Waals surface area contributed by atoms with E-state index in [0.29, 0.717) is 12.4 Å². The molecule has 134 valence electrons. The zero-order valence-corrected chi connectivity index (χ0v) is 15.3. The third kappa shape index (κ3) is 3.14. The number of halogens is 1. The predicted molar refractivity (Wildman–Crippen MR) is 101 cm³/mol. The molecule has 1 aromatic carbocycles. The summed E-state index contributed by atoms with van der Waals surface area (Å²) < 4.78 is 13.4. The Hall–Kier alpha value is -2.54. The van der Waals surface area contributed by atoms with Gasteiger partial charge in [0.2, 0.25) is 0 Å². The number of fused-ring (bicyclic) bond motifs is 1. The molecule has 0 bridgehead atoms. The van der Waals surface area contributed by atoms with Crippen molar-refractivity contribution in [1.29, 1.82) is 0 Å². The first-order valence-electron chi connectivity index (χ1n) is 8.65. The van der Waals surface area contributed by atoms with Gasteiger partial charge in [-0.15, -0.1) is 11.3 Å². The van der Waals surface area contributed by atoms with Crippen molar-refractivity contribution in [3.05, 3.63) is 52.4 Å². The van der Waals surface area contributed by atoms with Crippen LogP contribution < -0.4 is 5.32 Å². The van der Waals surface area contributed by atoms with Gasteiger partial charge >= 0.3 is 0 Å². The van der Waals surface area contributed by atoms with Crippen molar-refractivity contribution in [2.75, 3.05) is 18.4 Å². The highest BCUT2D eigenvalue weighted by Crippen LogP contribution is 2.34. The Kier molecular flexibility index (Phi) is 4.55. The molecular weight excluding hydrogens is 351 g/mol. The number of nitrogens with one attached hydrogen (secondary N) is 1. The lowest BCUT2D eigenvalue weighted by atomic mass is 10.1. The average Bonchev–Trinajstić information content (AvgIpc) is 3.28. The highest BCUT2D eigenvalue weighted by Gasteiger charge is 2.25. The largest absolute Gasteiger partial charge is 0.365 e. The molecule has 7 heteroatoms. The van der Waals surface area contributed by atoms with Crippen molar-refractivity contribution < 1.29 is 9.18 Å². The molecule has 0 radical (unpaired) electrons. The van der Waals surface area contributed by atoms with Crippen molar-refractivity contribution in [1.82, 2.24) is 14.9 Å². The van der Waals surface area contributed by atoms with Crippen LogP contribution in [0.1, 0.15) is 33.6 Å². The maximum atomic E-state index is 13.4. The van der Waals surface area contributed by atoms with Crippen LogP contribution >= 0.6 is 11.3 Å². The molecule has 0 aliphatic carbocycles. The van der Waals surface area contributed by atoms with Gasteiger partial charge in [0, 0.05) is 19.6 Å². The van der Waals surface area contributed by atoms with E-state index in [2.05, 4.69) is 15.3 Å². The van der Waals surface area contributed by atoms with Gasteiger partial charge in [-0.1, -0.05) is 12.1 Å². The first-order valence-corrected chi connectivity index (χ1v) is 9.47. The Balaban J connectivity index is 1.64. The van der Waals surface area contributed by atoms with Gasteiger partial charge in [0.05, 0.1) is 10.3 Å². The van der Waals surface area contributed by atoms with E-state index in [1.54, 1.807) is 6.07 Å². The summed E-state index contributed by atoms with van der Waals surface area (Å²) in [6.07, 6.45) is 3.63. The first kappa shape index (κ1) is 16.9. The van der Waals surface area contributed by atoms with Gasteiger partial charge in [0.1, 0.15) is 22.8 Å². The maximum absolute atomic E-state index is 13.4. The van der Waals surface area contributed by atoms with Crippen molar-refractivity contribution in [3.8, 4) is 0 Å². The zero-order valence-electron chi connectivity index (χ0n) is 14.5. The van der Waals surface area contributed by atoms with Crippen LogP contribution in [0.2, 0.25) is 0 Å². The molecule has 0 atom stereocenters. The maximum Gasteiger partial charge on any atom is 0.264 e. The van der Waals surface area contributed by atoms with Crippen LogP contribution in [0.25, 0.3) is 10.2 Å². The Morgan fingerprint density at radius 3 is 2.88 bits per heavy atom. The molecular formula is C19H19FN4OS. The van der Waals surface area contributed by atoms with Gasteiger partial charge in [-0.05, 0) is 43.0 Å². The summed E-state index contributed by atoms with van der Waals surface area (Å²) in [6, 6.07) is 6.46. The minimum absolute atomic E-state index is 0.0825. The van der Waals surface area contributed by atoms with E-state index in [0.717, 1.165) is 52.2 Å². The third-order valence-electron chi connectivity index (χ3n) is 4.66. The van der Waals surface area contributed by atoms with E-state index < -0.39 is 0 Å². The molecule has 3 aromatic rings. The Morgan fingerprint density at radius 1 is 1.31 bits per heavy atom. The number of nitrogens with zero attached hydrogens (tertiary/aromatic N) is 3. The summed E-state index contributed by atoms with van der Waals surface area (Å²) in [6.45, 7) is 4.04. The predicted octanol–water partition coefficient (Wildman–Crippen LogP) is 3.99. The van der Waals surface area contributed by atoms with Crippen LogP contribution in [0.3, 0.4) is 0 Å². The Morgan fingerprint density at radius 2 is 2.12 bits per heavy atom. The number of rotatable bonds is 4. The molecule has 2 aromatic heterocycles. The SMILES string of the molecule is Cc1c(C(=O)N2CCCC2)sc2ncnc(NCc3cccc(F)c3)c12. The fourth-order valence-corrected chi connectivity index (χ4v) is 4.42. The minimum atomic E-state index is -0.262. The third-order valence-corrected chi connectivity index (χ3v) is 5.85. The normalized spacial score (nSPS) is 14.2. The topological polar surface area (TPSA) is 58.1 Å². The molecule has 1 saturated heterocycles. The number of likely N-dealkylation sites (tertiary alicyclic amines) is 1. The lowest BCUT2D eigenvalue weighted by molar-refractivity contribution is 0.0797. The molecule has 4 rings (SSSR count). The fraction of sp³-hybridized carbons (Fsp3) is 0.316. The second-order valence-corrected chi connectivity index (χ2v) is 7.44. The average molecular weight is 370 g/mol. The molecule has 1 aliphatic heterocycles. The summed E-state index contributed by atoms with van der Waals surface area (Å²) in [5.74, 6) is 0.495. The van der Waals surface area contributed by atoms with Crippen LogP contribution in [0.15, 0.2) is 30.6 Å². The van der Waals surface area contributed by atoms with Crippen molar-refractivity contribution in [2.24, 2.45) is 0 Å². The molecule has 1 N–H and O–H groups in total. The smallest absolute Gasteiger partial charge is 0.264 e. The van der Waals surface area contributed by atoms with Gasteiger partial charge in [-0.25, -0.2) is 14.4 Å². The van der Waals surface area contributed by atoms with E-state index in [1.807, 2.05) is 17.9 Å². The number of aromatic nitrogens is 2. The second kappa shape index (κ2) is 6.99. The van der Waals surface area contributed by atoms with Gasteiger partial charge in [0.25, 0.3) is 5.91 Å². The summed E-state index contributed by atoms with van der Waals surface area (Å²) in [5.41, 5.74) is 1.74. The molecule has 3 heterocycles. The monoisotopic (exact) mass is 370 g/mol. The summed E-state index contributed by atoms with van der Waals surface area (Å²) in [7, 11) is 0. The van der Waals surface area contributed by atoms with Crippen molar-refractivity contribution in [3.63, 3.8) is 0 Å². The number of thiophene rings is 1. The van der Waals surface area contributed by atoms with Gasteiger partial charge in [-0.2, -0.15) is 0 Å². The highest BCUT2D eigenvalue weighted by atomic mass is 32.1. The van der Waals surface area contributed by atoms with Gasteiger partial charge in [-0.3, -0.25) is 4.79 Å². The number of anilines is 1. The zero-order chi connectivity index (χ0) is 18.1. The molecule has 0 unspecified atom stereocenters. The van der Waals surface area contributed by atoms with Crippen LogP contribution in [0.5, 0.6) is 0 Å². The number of carbonyl (C=O) groups is 1. The Bertz CT molecular complexity index is 965. The van der Waals surface area contributed by atoms with E-state index >= 15 is 0 Å². The number of amides is 1. The number of hydrogen-bond acceptors (Lipinski definition) is 5. The van der Waals surface area contributed by atoms with Gasteiger partial charge in [0.15, 0.2) is 0 Å². The van der Waals surface area contributed by atoms with Crippen molar-refractivity contribution >= 4 is 33.3 Å². The van der Waals surface area contributed by atoms with Crippen LogP contribution in [0.4, 0.5) is 10.2 Å². The van der Waals surface area contributed by atoms with Crippen molar-refractivity contribution in [2.45, 2.75) is 26.3 Å². The molecule has 1 aliphatic rings. The lowest BCUT2D eigenvalue weighted by Crippen LogP contribution is -2.27. The summed E-state index contributed by atoms with van der Waals surface area (Å²) in [4.78, 5) is 24.9. The van der Waals surface area contributed by atoms with E-state index in [9.17, 15) is 9.18 Å². The Labute approximate surface area is 154 Å². The molecule has 5 nitrogen and oxygen atoms in total. The number of aryl methyl sites for hydroxylation is 1. The standard InChI is InChI=1S/C19H19FN4OS/c1-12-15-17(21-10-13-5-4-6-14(20)9-13)22-11-23-18(15)26-16(12)19(25)24-7-2-3-8-24/h4-6,9,11H,2-3,7-8,10H2,1H3,(H,21,22,23). The lowest BCUT2D eigenvalue weighted by Gasteiger charge is -2.14. The quantitative estimate of drug-likeness (QED) is 0.754. The summed E-state index contributed by atoms with van der Waals surface area (Å²) >= 11 is 1.41. The van der Waals surface area contributed by atoms with E-state index in [1.165, 1.54) is 29.8 Å². The van der Waals surface area contributed by atoms with Crippen LogP contribution in [0, 0.1) is 12.7 Å². The number of carbonyl (C=O) groups excluding carboxylic acids is 1. The first-order chi connectivity index (χ1) is 12.6. The molecule has 1 fully saturated rings. The second-order valence-electron chi connectivity index (χ2n) is 6.44. The van der Waals surface area contributed by atoms with E-state index in [4.69, 9.17) is 0 Å². The molecule has 26 heavy (non-hydrogen) atoms. The molecule has 1 amide bonds. The highest BCUT2D eigenvalue weighted by molar-refractivity contribution is 7.20.